The Morgan fingerprint density at radius 2 is 2.27 bits per heavy atom. The molecule has 0 saturated carbocycles. The standard InChI is InChI=1S/C7H6IN3/c1-5-3-11-4-6(8)2-9-7(11)10-5/h2-4H,1H3. The van der Waals surface area contributed by atoms with Crippen LogP contribution >= 0.6 is 22.6 Å². The summed E-state index contributed by atoms with van der Waals surface area (Å²) in [6.45, 7) is 1.96. The fourth-order valence-corrected chi connectivity index (χ4v) is 1.42. The lowest BCUT2D eigenvalue weighted by molar-refractivity contribution is 1.09. The average Bonchev–Trinajstić information content (AvgIpc) is 2.27. The Morgan fingerprint density at radius 1 is 1.45 bits per heavy atom. The lowest BCUT2D eigenvalue weighted by Gasteiger charge is -1.90. The number of hydrogen-bond donors (Lipinski definition) is 0. The third-order valence-electron chi connectivity index (χ3n) is 1.40. The minimum absolute atomic E-state index is 0.767. The smallest absolute Gasteiger partial charge is 0.233 e. The van der Waals surface area contributed by atoms with Crippen LogP contribution in [-0.2, 0) is 0 Å². The van der Waals surface area contributed by atoms with Gasteiger partial charge in [-0.2, -0.15) is 0 Å². The van der Waals surface area contributed by atoms with E-state index >= 15 is 0 Å². The molecule has 0 aromatic carbocycles. The molecule has 0 N–H and O–H groups in total. The maximum Gasteiger partial charge on any atom is 0.233 e. The van der Waals surface area contributed by atoms with Gasteiger partial charge in [-0.15, -0.1) is 0 Å². The zero-order valence-corrected chi connectivity index (χ0v) is 8.11. The first kappa shape index (κ1) is 7.02. The van der Waals surface area contributed by atoms with Crippen molar-refractivity contribution < 1.29 is 0 Å². The molecule has 0 unspecified atom stereocenters. The quantitative estimate of drug-likeness (QED) is 0.673. The van der Waals surface area contributed by atoms with E-state index in [1.165, 1.54) is 0 Å². The molecule has 11 heavy (non-hydrogen) atoms. The van der Waals surface area contributed by atoms with Crippen LogP contribution in [0.25, 0.3) is 5.78 Å². The molecule has 0 aliphatic rings. The van der Waals surface area contributed by atoms with Crippen LogP contribution in [0.1, 0.15) is 5.69 Å². The molecule has 0 aliphatic carbocycles. The monoisotopic (exact) mass is 259 g/mol. The molecule has 0 saturated heterocycles. The van der Waals surface area contributed by atoms with Crippen molar-refractivity contribution in [2.24, 2.45) is 0 Å². The van der Waals surface area contributed by atoms with Gasteiger partial charge in [0, 0.05) is 22.2 Å². The van der Waals surface area contributed by atoms with Gasteiger partial charge in [-0.05, 0) is 29.5 Å². The van der Waals surface area contributed by atoms with E-state index in [9.17, 15) is 0 Å². The van der Waals surface area contributed by atoms with E-state index in [1.54, 1.807) is 0 Å². The number of aryl methyl sites for hydroxylation is 1. The van der Waals surface area contributed by atoms with Crippen LogP contribution < -0.4 is 0 Å². The molecule has 3 nitrogen and oxygen atoms in total. The second kappa shape index (κ2) is 2.44. The molecule has 0 radical (unpaired) electrons. The molecule has 0 aliphatic heterocycles. The van der Waals surface area contributed by atoms with Crippen molar-refractivity contribution in [1.82, 2.24) is 14.4 Å². The molecular formula is C7H6IN3. The third-order valence-corrected chi connectivity index (χ3v) is 1.96. The van der Waals surface area contributed by atoms with Gasteiger partial charge < -0.3 is 0 Å². The average molecular weight is 259 g/mol. The Hall–Kier alpha value is -0.650. The van der Waals surface area contributed by atoms with Crippen LogP contribution in [-0.4, -0.2) is 14.4 Å². The van der Waals surface area contributed by atoms with Gasteiger partial charge >= 0.3 is 0 Å². The molecular weight excluding hydrogens is 253 g/mol. The first-order valence-electron chi connectivity index (χ1n) is 3.22. The summed E-state index contributed by atoms with van der Waals surface area (Å²) in [5.74, 6) is 0.767. The number of aromatic nitrogens is 3. The van der Waals surface area contributed by atoms with Gasteiger partial charge in [0.1, 0.15) is 0 Å². The Bertz CT molecular complexity index is 393. The Kier molecular flexibility index (Phi) is 1.56. The van der Waals surface area contributed by atoms with E-state index in [1.807, 2.05) is 29.9 Å². The van der Waals surface area contributed by atoms with Gasteiger partial charge in [-0.25, -0.2) is 9.97 Å². The van der Waals surface area contributed by atoms with E-state index in [-0.39, 0.29) is 0 Å². The Balaban J connectivity index is 2.82. The van der Waals surface area contributed by atoms with E-state index in [2.05, 4.69) is 32.6 Å². The largest absolute Gasteiger partial charge is 0.290 e. The summed E-state index contributed by atoms with van der Waals surface area (Å²) >= 11 is 2.23. The molecule has 2 rings (SSSR count). The van der Waals surface area contributed by atoms with Crippen molar-refractivity contribution in [2.45, 2.75) is 6.92 Å². The van der Waals surface area contributed by atoms with Crippen LogP contribution in [0.3, 0.4) is 0 Å². The molecule has 0 amide bonds. The van der Waals surface area contributed by atoms with Gasteiger partial charge in [0.2, 0.25) is 5.78 Å². The predicted molar refractivity (Wildman–Crippen MR) is 50.4 cm³/mol. The van der Waals surface area contributed by atoms with Gasteiger partial charge in [0.15, 0.2) is 0 Å². The van der Waals surface area contributed by atoms with E-state index in [0.717, 1.165) is 15.0 Å². The molecule has 56 valence electrons. The number of halogens is 1. The van der Waals surface area contributed by atoms with E-state index < -0.39 is 0 Å². The summed E-state index contributed by atoms with van der Waals surface area (Å²) < 4.78 is 3.05. The van der Waals surface area contributed by atoms with Crippen molar-refractivity contribution in [3.63, 3.8) is 0 Å². The topological polar surface area (TPSA) is 30.2 Å². The first-order chi connectivity index (χ1) is 5.25. The minimum Gasteiger partial charge on any atom is -0.290 e. The van der Waals surface area contributed by atoms with Crippen molar-refractivity contribution in [3.05, 3.63) is 27.9 Å². The van der Waals surface area contributed by atoms with Crippen LogP contribution in [0.4, 0.5) is 0 Å². The molecule has 2 aromatic rings. The maximum absolute atomic E-state index is 4.20. The number of rotatable bonds is 0. The summed E-state index contributed by atoms with van der Waals surface area (Å²) in [6.07, 6.45) is 5.77. The second-order valence-electron chi connectivity index (χ2n) is 2.36. The number of hydrogen-bond acceptors (Lipinski definition) is 2. The van der Waals surface area contributed by atoms with Crippen LogP contribution in [0.2, 0.25) is 0 Å². The third kappa shape index (κ3) is 1.22. The van der Waals surface area contributed by atoms with Crippen molar-refractivity contribution >= 4 is 28.4 Å². The summed E-state index contributed by atoms with van der Waals surface area (Å²) in [6, 6.07) is 0. The summed E-state index contributed by atoms with van der Waals surface area (Å²) in [4.78, 5) is 8.35. The van der Waals surface area contributed by atoms with Crippen molar-refractivity contribution in [2.75, 3.05) is 0 Å². The van der Waals surface area contributed by atoms with Crippen LogP contribution in [0.15, 0.2) is 18.6 Å². The van der Waals surface area contributed by atoms with E-state index in [4.69, 9.17) is 0 Å². The van der Waals surface area contributed by atoms with Gasteiger partial charge in [-0.3, -0.25) is 4.40 Å². The normalized spacial score (nSPS) is 10.7. The molecule has 4 heteroatoms. The van der Waals surface area contributed by atoms with Crippen LogP contribution in [0.5, 0.6) is 0 Å². The number of fused-ring (bicyclic) bond motifs is 1. The second-order valence-corrected chi connectivity index (χ2v) is 3.61. The molecule has 2 aromatic heterocycles. The number of nitrogens with zero attached hydrogens (tertiary/aromatic N) is 3. The molecule has 0 spiro atoms. The van der Waals surface area contributed by atoms with Crippen LogP contribution in [0, 0.1) is 10.5 Å². The lowest BCUT2D eigenvalue weighted by atomic mass is 10.6. The minimum atomic E-state index is 0.767. The zero-order chi connectivity index (χ0) is 7.84. The highest BCUT2D eigenvalue weighted by Gasteiger charge is 1.97. The van der Waals surface area contributed by atoms with Crippen molar-refractivity contribution in [1.29, 1.82) is 0 Å². The zero-order valence-electron chi connectivity index (χ0n) is 5.95. The molecule has 0 atom stereocenters. The Morgan fingerprint density at radius 3 is 3.09 bits per heavy atom. The Labute approximate surface area is 77.6 Å². The highest BCUT2D eigenvalue weighted by Crippen LogP contribution is 2.05. The predicted octanol–water partition coefficient (Wildman–Crippen LogP) is 1.64. The highest BCUT2D eigenvalue weighted by molar-refractivity contribution is 14.1. The van der Waals surface area contributed by atoms with Crippen molar-refractivity contribution in [3.8, 4) is 0 Å². The number of imidazole rings is 1. The molecule has 0 fully saturated rings. The van der Waals surface area contributed by atoms with Gasteiger partial charge in [-0.1, -0.05) is 0 Å². The maximum atomic E-state index is 4.20. The molecule has 2 heterocycles. The molecule has 0 bridgehead atoms. The van der Waals surface area contributed by atoms with Gasteiger partial charge in [0.05, 0.1) is 5.69 Å². The lowest BCUT2D eigenvalue weighted by Crippen LogP contribution is -1.87. The SMILES string of the molecule is Cc1cn2cc(I)cnc2n1. The van der Waals surface area contributed by atoms with Gasteiger partial charge in [0.25, 0.3) is 0 Å². The summed E-state index contributed by atoms with van der Waals surface area (Å²) in [5.41, 5.74) is 1.000. The highest BCUT2D eigenvalue weighted by atomic mass is 127. The summed E-state index contributed by atoms with van der Waals surface area (Å²) in [5, 5.41) is 0. The first-order valence-corrected chi connectivity index (χ1v) is 4.30. The van der Waals surface area contributed by atoms with E-state index in [0.29, 0.717) is 0 Å². The summed E-state index contributed by atoms with van der Waals surface area (Å²) in [7, 11) is 0. The fourth-order valence-electron chi connectivity index (χ4n) is 0.979. The fraction of sp³-hybridized carbons (Fsp3) is 0.143.